The first-order valence-corrected chi connectivity index (χ1v) is 6.66. The molecule has 0 radical (unpaired) electrons. The van der Waals surface area contributed by atoms with Crippen LogP contribution in [0, 0.1) is 5.92 Å². The van der Waals surface area contributed by atoms with E-state index in [4.69, 9.17) is 5.73 Å². The highest BCUT2D eigenvalue weighted by atomic mass is 15.2. The number of likely N-dealkylation sites (N-methyl/N-ethyl adjacent to an activating group) is 1. The fourth-order valence-electron chi connectivity index (χ4n) is 2.63. The molecule has 4 nitrogen and oxygen atoms in total. The summed E-state index contributed by atoms with van der Waals surface area (Å²) < 4.78 is 2.08. The van der Waals surface area contributed by atoms with Crippen LogP contribution in [0.4, 0.5) is 0 Å². The van der Waals surface area contributed by atoms with Gasteiger partial charge in [-0.05, 0) is 25.3 Å². The third-order valence-electron chi connectivity index (χ3n) is 3.98. The predicted octanol–water partition coefficient (Wildman–Crippen LogP) is 1.54. The van der Waals surface area contributed by atoms with Crippen molar-refractivity contribution in [3.8, 4) is 0 Å². The van der Waals surface area contributed by atoms with Crippen molar-refractivity contribution < 1.29 is 0 Å². The normalized spacial score (nSPS) is 18.4. The van der Waals surface area contributed by atoms with Gasteiger partial charge in [-0.15, -0.1) is 0 Å². The Morgan fingerprint density at radius 1 is 1.59 bits per heavy atom. The molecule has 17 heavy (non-hydrogen) atoms. The summed E-state index contributed by atoms with van der Waals surface area (Å²) >= 11 is 0. The second-order valence-electron chi connectivity index (χ2n) is 5.07. The van der Waals surface area contributed by atoms with Crippen molar-refractivity contribution in [1.29, 1.82) is 0 Å². The van der Waals surface area contributed by atoms with Crippen LogP contribution in [0.3, 0.4) is 0 Å². The molecule has 0 bridgehead atoms. The molecule has 1 aromatic rings. The maximum atomic E-state index is 5.96. The average Bonchev–Trinajstić information content (AvgIpc) is 2.68. The van der Waals surface area contributed by atoms with Crippen molar-refractivity contribution in [2.75, 3.05) is 19.6 Å². The van der Waals surface area contributed by atoms with Gasteiger partial charge in [-0.3, -0.25) is 4.90 Å². The second-order valence-corrected chi connectivity index (χ2v) is 5.07. The van der Waals surface area contributed by atoms with E-state index >= 15 is 0 Å². The highest BCUT2D eigenvalue weighted by Crippen LogP contribution is 2.30. The monoisotopic (exact) mass is 236 g/mol. The van der Waals surface area contributed by atoms with E-state index in [9.17, 15) is 0 Å². The van der Waals surface area contributed by atoms with Gasteiger partial charge in [-0.2, -0.15) is 0 Å². The van der Waals surface area contributed by atoms with E-state index in [2.05, 4.69) is 21.4 Å². The molecule has 1 aliphatic carbocycles. The van der Waals surface area contributed by atoms with Crippen molar-refractivity contribution in [3.05, 3.63) is 18.2 Å². The summed E-state index contributed by atoms with van der Waals surface area (Å²) in [5.41, 5.74) is 7.19. The molecule has 1 aliphatic rings. The molecule has 1 atom stereocenters. The van der Waals surface area contributed by atoms with Crippen molar-refractivity contribution in [1.82, 2.24) is 14.5 Å². The molecule has 1 aromatic heterocycles. The van der Waals surface area contributed by atoms with Crippen molar-refractivity contribution in [2.24, 2.45) is 18.7 Å². The van der Waals surface area contributed by atoms with Crippen LogP contribution >= 0.6 is 0 Å². The summed E-state index contributed by atoms with van der Waals surface area (Å²) in [5, 5.41) is 0. The fraction of sp³-hybridized carbons (Fsp3) is 0.769. The molecule has 2 rings (SSSR count). The summed E-state index contributed by atoms with van der Waals surface area (Å²) in [7, 11) is 2.04. The number of aromatic nitrogens is 2. The summed E-state index contributed by atoms with van der Waals surface area (Å²) in [6, 6.07) is 0.313. The summed E-state index contributed by atoms with van der Waals surface area (Å²) in [6.45, 7) is 5.13. The SMILES string of the molecule is CCN(CC1CCC1)C(CN)c1cncn1C. The Bertz CT molecular complexity index is 343. The lowest BCUT2D eigenvalue weighted by Crippen LogP contribution is -2.39. The van der Waals surface area contributed by atoms with E-state index in [1.165, 1.54) is 31.5 Å². The van der Waals surface area contributed by atoms with Crippen molar-refractivity contribution in [3.63, 3.8) is 0 Å². The van der Waals surface area contributed by atoms with Gasteiger partial charge in [0.2, 0.25) is 0 Å². The standard InChI is InChI=1S/C13H24N4/c1-3-17(9-11-5-4-6-11)12(7-14)13-8-15-10-16(13)2/h8,10-12H,3-7,9,14H2,1-2H3. The largest absolute Gasteiger partial charge is 0.336 e. The minimum Gasteiger partial charge on any atom is -0.336 e. The van der Waals surface area contributed by atoms with Gasteiger partial charge in [-0.1, -0.05) is 13.3 Å². The molecule has 1 heterocycles. The molecule has 0 amide bonds. The molecular weight excluding hydrogens is 212 g/mol. The van der Waals surface area contributed by atoms with Crippen molar-refractivity contribution >= 4 is 0 Å². The summed E-state index contributed by atoms with van der Waals surface area (Å²) in [6.07, 6.45) is 7.98. The summed E-state index contributed by atoms with van der Waals surface area (Å²) in [5.74, 6) is 0.886. The Labute approximate surface area is 104 Å². The van der Waals surface area contributed by atoms with Crippen LogP contribution in [0.2, 0.25) is 0 Å². The molecule has 1 fully saturated rings. The number of imidazole rings is 1. The maximum Gasteiger partial charge on any atom is 0.0946 e. The number of nitrogens with zero attached hydrogens (tertiary/aromatic N) is 3. The topological polar surface area (TPSA) is 47.1 Å². The van der Waals surface area contributed by atoms with Gasteiger partial charge < -0.3 is 10.3 Å². The minimum absolute atomic E-state index is 0.313. The molecule has 1 unspecified atom stereocenters. The molecular formula is C13H24N4. The molecule has 0 aromatic carbocycles. The average molecular weight is 236 g/mol. The van der Waals surface area contributed by atoms with E-state index in [1.807, 2.05) is 19.6 Å². The number of nitrogens with two attached hydrogens (primary N) is 1. The summed E-state index contributed by atoms with van der Waals surface area (Å²) in [4.78, 5) is 6.70. The first-order valence-electron chi connectivity index (χ1n) is 6.66. The number of aryl methyl sites for hydroxylation is 1. The molecule has 4 heteroatoms. The number of hydrogen-bond acceptors (Lipinski definition) is 3. The van der Waals surface area contributed by atoms with Crippen LogP contribution in [0.15, 0.2) is 12.5 Å². The van der Waals surface area contributed by atoms with Gasteiger partial charge in [0.15, 0.2) is 0 Å². The van der Waals surface area contributed by atoms with Gasteiger partial charge in [-0.25, -0.2) is 4.98 Å². The van der Waals surface area contributed by atoms with Crippen LogP contribution in [0.1, 0.15) is 37.9 Å². The first kappa shape index (κ1) is 12.6. The smallest absolute Gasteiger partial charge is 0.0946 e. The van der Waals surface area contributed by atoms with Crippen LogP contribution in [0.5, 0.6) is 0 Å². The van der Waals surface area contributed by atoms with Crippen LogP contribution in [-0.4, -0.2) is 34.1 Å². The van der Waals surface area contributed by atoms with Gasteiger partial charge in [0.1, 0.15) is 0 Å². The lowest BCUT2D eigenvalue weighted by Gasteiger charge is -2.36. The zero-order valence-electron chi connectivity index (χ0n) is 11.0. The van der Waals surface area contributed by atoms with Gasteiger partial charge in [0, 0.05) is 26.3 Å². The Balaban J connectivity index is 2.06. The van der Waals surface area contributed by atoms with E-state index in [-0.39, 0.29) is 0 Å². The van der Waals surface area contributed by atoms with Crippen LogP contribution < -0.4 is 5.73 Å². The van der Waals surface area contributed by atoms with Crippen LogP contribution in [0.25, 0.3) is 0 Å². The highest BCUT2D eigenvalue weighted by molar-refractivity contribution is 5.06. The number of rotatable bonds is 6. The van der Waals surface area contributed by atoms with Crippen molar-refractivity contribution in [2.45, 2.75) is 32.2 Å². The number of hydrogen-bond donors (Lipinski definition) is 1. The molecule has 2 N–H and O–H groups in total. The van der Waals surface area contributed by atoms with E-state index in [1.54, 1.807) is 0 Å². The quantitative estimate of drug-likeness (QED) is 0.815. The van der Waals surface area contributed by atoms with Gasteiger partial charge in [0.05, 0.1) is 18.1 Å². The van der Waals surface area contributed by atoms with Gasteiger partial charge in [0.25, 0.3) is 0 Å². The maximum absolute atomic E-state index is 5.96. The fourth-order valence-corrected chi connectivity index (χ4v) is 2.63. The first-order chi connectivity index (χ1) is 8.26. The third-order valence-corrected chi connectivity index (χ3v) is 3.98. The lowest BCUT2D eigenvalue weighted by molar-refractivity contribution is 0.137. The third kappa shape index (κ3) is 2.69. The zero-order valence-corrected chi connectivity index (χ0v) is 11.0. The second kappa shape index (κ2) is 5.65. The van der Waals surface area contributed by atoms with Crippen LogP contribution in [-0.2, 0) is 7.05 Å². The minimum atomic E-state index is 0.313. The van der Waals surface area contributed by atoms with E-state index in [0.29, 0.717) is 12.6 Å². The molecule has 0 spiro atoms. The highest BCUT2D eigenvalue weighted by Gasteiger charge is 2.26. The Morgan fingerprint density at radius 3 is 2.76 bits per heavy atom. The Kier molecular flexibility index (Phi) is 4.18. The Hall–Kier alpha value is -0.870. The van der Waals surface area contributed by atoms with Gasteiger partial charge >= 0.3 is 0 Å². The van der Waals surface area contributed by atoms with E-state index < -0.39 is 0 Å². The molecule has 0 saturated heterocycles. The Morgan fingerprint density at radius 2 is 2.35 bits per heavy atom. The molecule has 1 saturated carbocycles. The predicted molar refractivity (Wildman–Crippen MR) is 69.6 cm³/mol. The molecule has 0 aliphatic heterocycles. The molecule has 96 valence electrons. The lowest BCUT2D eigenvalue weighted by atomic mass is 9.84. The van der Waals surface area contributed by atoms with E-state index in [0.717, 1.165) is 12.5 Å². The zero-order chi connectivity index (χ0) is 12.3.